The number of hydrogen-bond donors (Lipinski definition) is 3. The number of rotatable bonds is 6. The van der Waals surface area contributed by atoms with Gasteiger partial charge in [0.2, 0.25) is 0 Å². The van der Waals surface area contributed by atoms with Crippen molar-refractivity contribution in [1.29, 1.82) is 0 Å². The zero-order valence-corrected chi connectivity index (χ0v) is 21.5. The van der Waals surface area contributed by atoms with Crippen LogP contribution in [-0.2, 0) is 25.4 Å². The maximum Gasteiger partial charge on any atom is 0.362 e. The first kappa shape index (κ1) is 28.4. The van der Waals surface area contributed by atoms with Crippen molar-refractivity contribution in [3.63, 3.8) is 0 Å². The quantitative estimate of drug-likeness (QED) is 0.215. The number of benzene rings is 1. The van der Waals surface area contributed by atoms with E-state index in [-0.39, 0.29) is 42.4 Å². The number of fused-ring (bicyclic) bond motifs is 1. The summed E-state index contributed by atoms with van der Waals surface area (Å²) < 4.78 is 21.7. The first-order valence-electron chi connectivity index (χ1n) is 12.2. The van der Waals surface area contributed by atoms with Gasteiger partial charge in [0.25, 0.3) is 5.91 Å². The number of carbonyl (C=O) groups is 2. The minimum absolute atomic E-state index is 0.00461. The highest BCUT2D eigenvalue weighted by Crippen LogP contribution is 2.36. The standard InChI is InChI=1S/C25H33N2O9P/c28-22-16-21(35-18-37(31,32)33)15-19-14-20(26-36-17-23(29)27-11-7-5-8-12-27)10-6-3-1-2-4-9-13-34-25(30)24(19)22/h2,4,6,10,15-16,28H,1,3,5,7-9,11-14,17-18H2,(H2,31,32,33). The zero-order valence-electron chi connectivity index (χ0n) is 20.6. The van der Waals surface area contributed by atoms with E-state index in [9.17, 15) is 19.3 Å². The largest absolute Gasteiger partial charge is 0.507 e. The second kappa shape index (κ2) is 14.0. The minimum atomic E-state index is -4.48. The molecule has 0 saturated carbocycles. The average molecular weight is 537 g/mol. The molecular formula is C25H33N2O9P. The number of likely N-dealkylation sites (tertiary alicyclic amines) is 1. The minimum Gasteiger partial charge on any atom is -0.507 e. The number of phenolic OH excluding ortho intramolecular Hbond substituents is 1. The fourth-order valence-electron chi connectivity index (χ4n) is 3.94. The monoisotopic (exact) mass is 536 g/mol. The van der Waals surface area contributed by atoms with Crippen LogP contribution >= 0.6 is 7.60 Å². The van der Waals surface area contributed by atoms with Crippen LogP contribution in [0.1, 0.15) is 54.4 Å². The second-order valence-corrected chi connectivity index (χ2v) is 10.4. The van der Waals surface area contributed by atoms with Crippen LogP contribution in [0.3, 0.4) is 0 Å². The number of piperidine rings is 1. The van der Waals surface area contributed by atoms with E-state index in [2.05, 4.69) is 5.16 Å². The molecule has 12 heteroatoms. The molecule has 0 atom stereocenters. The number of esters is 1. The molecule has 0 spiro atoms. The van der Waals surface area contributed by atoms with Crippen LogP contribution in [0.25, 0.3) is 0 Å². The van der Waals surface area contributed by atoms with Gasteiger partial charge in [-0.3, -0.25) is 9.36 Å². The molecule has 3 rings (SSSR count). The van der Waals surface area contributed by atoms with Gasteiger partial charge < -0.3 is 34.1 Å². The van der Waals surface area contributed by atoms with Gasteiger partial charge in [0.15, 0.2) is 13.0 Å². The van der Waals surface area contributed by atoms with Crippen LogP contribution in [0, 0.1) is 0 Å². The predicted octanol–water partition coefficient (Wildman–Crippen LogP) is 3.29. The molecule has 0 unspecified atom stereocenters. The van der Waals surface area contributed by atoms with Crippen molar-refractivity contribution in [3.8, 4) is 11.5 Å². The number of allylic oxidation sites excluding steroid dienone is 3. The van der Waals surface area contributed by atoms with Crippen molar-refractivity contribution in [1.82, 2.24) is 4.90 Å². The Bertz CT molecular complexity index is 1090. The molecule has 0 aliphatic carbocycles. The van der Waals surface area contributed by atoms with Crippen LogP contribution in [0.4, 0.5) is 0 Å². The summed E-state index contributed by atoms with van der Waals surface area (Å²) in [4.78, 5) is 50.6. The molecule has 0 aromatic heterocycles. The molecule has 1 amide bonds. The van der Waals surface area contributed by atoms with E-state index in [1.807, 2.05) is 18.2 Å². The molecule has 11 nitrogen and oxygen atoms in total. The number of oxime groups is 1. The normalized spacial score (nSPS) is 18.6. The Morgan fingerprint density at radius 2 is 1.81 bits per heavy atom. The number of carbonyl (C=O) groups excluding carboxylic acids is 2. The summed E-state index contributed by atoms with van der Waals surface area (Å²) in [6.45, 7) is 1.27. The van der Waals surface area contributed by atoms with E-state index in [0.29, 0.717) is 31.6 Å². The van der Waals surface area contributed by atoms with Crippen molar-refractivity contribution in [2.45, 2.75) is 44.9 Å². The third kappa shape index (κ3) is 9.68. The summed E-state index contributed by atoms with van der Waals surface area (Å²) in [5.41, 5.74) is 0.510. The lowest BCUT2D eigenvalue weighted by atomic mass is 9.99. The molecule has 1 aromatic carbocycles. The Morgan fingerprint density at radius 3 is 2.57 bits per heavy atom. The van der Waals surface area contributed by atoms with Crippen molar-refractivity contribution in [2.75, 3.05) is 32.7 Å². The molecule has 1 aromatic rings. The smallest absolute Gasteiger partial charge is 0.362 e. The molecule has 2 aliphatic heterocycles. The maximum atomic E-state index is 12.8. The van der Waals surface area contributed by atoms with Crippen LogP contribution in [-0.4, -0.2) is 70.0 Å². The number of nitrogens with zero attached hydrogens (tertiary/aromatic N) is 2. The Labute approximate surface area is 215 Å². The van der Waals surface area contributed by atoms with Crippen molar-refractivity contribution < 1.29 is 43.4 Å². The van der Waals surface area contributed by atoms with Gasteiger partial charge in [-0.05, 0) is 56.2 Å². The lowest BCUT2D eigenvalue weighted by Gasteiger charge is -2.26. The van der Waals surface area contributed by atoms with Gasteiger partial charge in [-0.1, -0.05) is 23.4 Å². The third-order valence-corrected chi connectivity index (χ3v) is 6.19. The number of hydrogen-bond acceptors (Lipinski definition) is 8. The number of phenols is 1. The van der Waals surface area contributed by atoms with Gasteiger partial charge in [-0.2, -0.15) is 0 Å². The van der Waals surface area contributed by atoms with Crippen molar-refractivity contribution >= 4 is 25.2 Å². The Morgan fingerprint density at radius 1 is 1.08 bits per heavy atom. The number of cyclic esters (lactones) is 1. The second-order valence-electron chi connectivity index (χ2n) is 8.76. The van der Waals surface area contributed by atoms with Gasteiger partial charge in [-0.25, -0.2) is 4.79 Å². The number of aromatic hydroxyl groups is 1. The lowest BCUT2D eigenvalue weighted by molar-refractivity contribution is -0.137. The zero-order chi connectivity index (χ0) is 26.7. The van der Waals surface area contributed by atoms with Gasteiger partial charge in [-0.15, -0.1) is 0 Å². The molecule has 0 radical (unpaired) electrons. The molecule has 202 valence electrons. The van der Waals surface area contributed by atoms with Crippen LogP contribution in [0.15, 0.2) is 41.6 Å². The summed E-state index contributed by atoms with van der Waals surface area (Å²) in [6, 6.07) is 2.49. The first-order chi connectivity index (χ1) is 17.7. The predicted molar refractivity (Wildman–Crippen MR) is 136 cm³/mol. The van der Waals surface area contributed by atoms with E-state index in [4.69, 9.17) is 24.1 Å². The average Bonchev–Trinajstić information content (AvgIpc) is 2.85. The van der Waals surface area contributed by atoms with Crippen LogP contribution in [0.5, 0.6) is 11.5 Å². The Kier molecular flexibility index (Phi) is 10.7. The molecule has 3 N–H and O–H groups in total. The Hall–Kier alpha value is -3.14. The van der Waals surface area contributed by atoms with E-state index in [1.54, 1.807) is 11.0 Å². The lowest BCUT2D eigenvalue weighted by Crippen LogP contribution is -2.37. The van der Waals surface area contributed by atoms with E-state index in [0.717, 1.165) is 31.7 Å². The van der Waals surface area contributed by atoms with E-state index in [1.165, 1.54) is 6.07 Å². The van der Waals surface area contributed by atoms with Gasteiger partial charge >= 0.3 is 13.6 Å². The molecule has 37 heavy (non-hydrogen) atoms. The van der Waals surface area contributed by atoms with Crippen molar-refractivity contribution in [3.05, 3.63) is 47.6 Å². The third-order valence-electron chi connectivity index (χ3n) is 5.72. The van der Waals surface area contributed by atoms with Gasteiger partial charge in [0.1, 0.15) is 17.1 Å². The summed E-state index contributed by atoms with van der Waals surface area (Å²) >= 11 is 0. The molecule has 2 heterocycles. The maximum absolute atomic E-state index is 12.8. The summed E-state index contributed by atoms with van der Waals surface area (Å²) in [5, 5.41) is 14.7. The Balaban J connectivity index is 1.87. The van der Waals surface area contributed by atoms with Crippen LogP contribution < -0.4 is 4.74 Å². The van der Waals surface area contributed by atoms with Crippen LogP contribution in [0.2, 0.25) is 0 Å². The molecular weight excluding hydrogens is 503 g/mol. The number of amides is 1. The summed E-state index contributed by atoms with van der Waals surface area (Å²) in [6.07, 6.45) is 11.6. The molecule has 0 bridgehead atoms. The topological polar surface area (TPSA) is 155 Å². The molecule has 1 fully saturated rings. The van der Waals surface area contributed by atoms with Crippen molar-refractivity contribution in [2.24, 2.45) is 5.16 Å². The highest BCUT2D eigenvalue weighted by atomic mass is 31.2. The summed E-state index contributed by atoms with van der Waals surface area (Å²) in [7, 11) is -4.48. The summed E-state index contributed by atoms with van der Waals surface area (Å²) in [5.74, 6) is -1.42. The molecule has 1 saturated heterocycles. The fraction of sp³-hybridized carbons (Fsp3) is 0.480. The van der Waals surface area contributed by atoms with Gasteiger partial charge in [0.05, 0.1) is 12.3 Å². The van der Waals surface area contributed by atoms with Gasteiger partial charge in [0, 0.05) is 25.6 Å². The van der Waals surface area contributed by atoms with E-state index >= 15 is 0 Å². The first-order valence-corrected chi connectivity index (χ1v) is 14.0. The highest BCUT2D eigenvalue weighted by molar-refractivity contribution is 7.51. The SMILES string of the molecule is O=C1OCCC=CCCC=CC(=NOCC(=O)N2CCCCC2)Cc2cc(OCP(=O)(O)O)cc(O)c21. The molecule has 2 aliphatic rings. The highest BCUT2D eigenvalue weighted by Gasteiger charge is 2.23. The number of ether oxygens (including phenoxy) is 2. The fourth-order valence-corrected chi connectivity index (χ4v) is 4.25. The van der Waals surface area contributed by atoms with E-state index < -0.39 is 25.7 Å².